The van der Waals surface area contributed by atoms with E-state index < -0.39 is 27.1 Å². The average molecular weight is 343 g/mol. The number of nitro benzene ring substituents is 2. The van der Waals surface area contributed by atoms with Gasteiger partial charge in [0.25, 0.3) is 17.3 Å². The van der Waals surface area contributed by atoms with Crippen molar-refractivity contribution in [3.05, 3.63) is 80.9 Å². The number of para-hydroxylation sites is 2. The first-order chi connectivity index (χ1) is 11.9. The lowest BCUT2D eigenvalue weighted by atomic mass is 10.1. The van der Waals surface area contributed by atoms with Crippen LogP contribution in [0.1, 0.15) is 10.4 Å². The number of nitrogens with one attached hydrogen (secondary N) is 1. The number of rotatable bonds is 7. The fourth-order valence-corrected chi connectivity index (χ4v) is 2.01. The zero-order valence-corrected chi connectivity index (χ0v) is 12.9. The molecule has 0 saturated heterocycles. The number of hydrogen-bond donors (Lipinski definition) is 1. The molecule has 2 rings (SSSR count). The van der Waals surface area contributed by atoms with Gasteiger partial charge in [0.1, 0.15) is 17.9 Å². The normalized spacial score (nSPS) is 9.92. The lowest BCUT2D eigenvalue weighted by Gasteiger charge is -2.11. The highest BCUT2D eigenvalue weighted by molar-refractivity contribution is 6.07. The van der Waals surface area contributed by atoms with E-state index in [1.165, 1.54) is 6.08 Å². The first-order valence-corrected chi connectivity index (χ1v) is 7.01. The van der Waals surface area contributed by atoms with Crippen molar-refractivity contribution in [1.29, 1.82) is 0 Å². The topological polar surface area (TPSA) is 125 Å². The van der Waals surface area contributed by atoms with Crippen molar-refractivity contribution in [2.24, 2.45) is 0 Å². The highest BCUT2D eigenvalue weighted by atomic mass is 16.6. The zero-order valence-electron chi connectivity index (χ0n) is 12.9. The molecule has 25 heavy (non-hydrogen) atoms. The highest BCUT2D eigenvalue weighted by Crippen LogP contribution is 2.28. The highest BCUT2D eigenvalue weighted by Gasteiger charge is 2.24. The minimum atomic E-state index is -0.845. The number of amides is 1. The van der Waals surface area contributed by atoms with Gasteiger partial charge in [-0.1, -0.05) is 24.8 Å². The summed E-state index contributed by atoms with van der Waals surface area (Å²) < 4.78 is 5.40. The standard InChI is InChI=1S/C16H13N3O6/c1-2-9-25-15-6-4-3-5-13(15)17-16(20)12-8-7-11(18(21)22)10-14(12)19(23)24/h2-8,10H,1,9H2,(H,17,20). The molecule has 0 aromatic heterocycles. The van der Waals surface area contributed by atoms with E-state index in [1.54, 1.807) is 24.3 Å². The van der Waals surface area contributed by atoms with Gasteiger partial charge in [-0.05, 0) is 18.2 Å². The maximum absolute atomic E-state index is 12.4. The summed E-state index contributed by atoms with van der Waals surface area (Å²) in [7, 11) is 0. The summed E-state index contributed by atoms with van der Waals surface area (Å²) in [6.45, 7) is 3.74. The Labute approximate surface area is 141 Å². The van der Waals surface area contributed by atoms with Crippen LogP contribution in [0.5, 0.6) is 5.75 Å². The molecule has 0 radical (unpaired) electrons. The van der Waals surface area contributed by atoms with Gasteiger partial charge in [-0.15, -0.1) is 0 Å². The fourth-order valence-electron chi connectivity index (χ4n) is 2.01. The molecule has 1 N–H and O–H groups in total. The molecule has 0 fully saturated rings. The predicted octanol–water partition coefficient (Wildman–Crippen LogP) is 3.32. The lowest BCUT2D eigenvalue weighted by Crippen LogP contribution is -2.15. The van der Waals surface area contributed by atoms with Gasteiger partial charge in [0.15, 0.2) is 0 Å². The summed E-state index contributed by atoms with van der Waals surface area (Å²) in [5, 5.41) is 24.4. The minimum absolute atomic E-state index is 0.213. The summed E-state index contributed by atoms with van der Waals surface area (Å²) in [5.74, 6) is -0.420. The van der Waals surface area contributed by atoms with Crippen molar-refractivity contribution in [3.63, 3.8) is 0 Å². The molecule has 0 unspecified atom stereocenters. The number of ether oxygens (including phenoxy) is 1. The Kier molecular flexibility index (Phi) is 5.41. The summed E-state index contributed by atoms with van der Waals surface area (Å²) in [6.07, 6.45) is 1.53. The Morgan fingerprint density at radius 3 is 2.52 bits per heavy atom. The van der Waals surface area contributed by atoms with E-state index >= 15 is 0 Å². The van der Waals surface area contributed by atoms with Crippen LogP contribution in [0.3, 0.4) is 0 Å². The molecule has 128 valence electrons. The molecule has 2 aromatic carbocycles. The first-order valence-electron chi connectivity index (χ1n) is 7.01. The van der Waals surface area contributed by atoms with Crippen LogP contribution in [-0.2, 0) is 0 Å². The van der Waals surface area contributed by atoms with Crippen LogP contribution in [0, 0.1) is 20.2 Å². The van der Waals surface area contributed by atoms with Crippen LogP contribution in [0.25, 0.3) is 0 Å². The van der Waals surface area contributed by atoms with E-state index in [1.807, 2.05) is 0 Å². The molecule has 0 aliphatic rings. The Hall–Kier alpha value is -3.75. The van der Waals surface area contributed by atoms with Crippen molar-refractivity contribution < 1.29 is 19.4 Å². The third kappa shape index (κ3) is 4.16. The van der Waals surface area contributed by atoms with Crippen molar-refractivity contribution in [3.8, 4) is 5.75 Å². The molecule has 0 aliphatic carbocycles. The predicted molar refractivity (Wildman–Crippen MR) is 89.8 cm³/mol. The SMILES string of the molecule is C=CCOc1ccccc1NC(=O)c1ccc([N+](=O)[O-])cc1[N+](=O)[O-]. The second-order valence-corrected chi connectivity index (χ2v) is 4.77. The molecule has 9 nitrogen and oxygen atoms in total. The number of hydrogen-bond acceptors (Lipinski definition) is 6. The largest absolute Gasteiger partial charge is 0.487 e. The van der Waals surface area contributed by atoms with Gasteiger partial charge in [-0.25, -0.2) is 0 Å². The second-order valence-electron chi connectivity index (χ2n) is 4.77. The number of benzene rings is 2. The van der Waals surface area contributed by atoms with Gasteiger partial charge < -0.3 is 10.1 Å². The fraction of sp³-hybridized carbons (Fsp3) is 0.0625. The third-order valence-corrected chi connectivity index (χ3v) is 3.13. The second kappa shape index (κ2) is 7.68. The molecule has 0 bridgehead atoms. The van der Waals surface area contributed by atoms with Gasteiger partial charge in [0.2, 0.25) is 0 Å². The van der Waals surface area contributed by atoms with Crippen molar-refractivity contribution in [1.82, 2.24) is 0 Å². The van der Waals surface area contributed by atoms with Crippen LogP contribution in [-0.4, -0.2) is 22.4 Å². The Balaban J connectivity index is 2.34. The van der Waals surface area contributed by atoms with E-state index in [9.17, 15) is 25.0 Å². The van der Waals surface area contributed by atoms with Crippen LogP contribution in [0.2, 0.25) is 0 Å². The van der Waals surface area contributed by atoms with Gasteiger partial charge >= 0.3 is 0 Å². The van der Waals surface area contributed by atoms with Crippen LogP contribution in [0.15, 0.2) is 55.1 Å². The minimum Gasteiger partial charge on any atom is -0.487 e. The lowest BCUT2D eigenvalue weighted by molar-refractivity contribution is -0.394. The number of anilines is 1. The Morgan fingerprint density at radius 1 is 1.16 bits per heavy atom. The number of non-ortho nitro benzene ring substituents is 1. The summed E-state index contributed by atoms with van der Waals surface area (Å²) in [6, 6.07) is 9.34. The average Bonchev–Trinajstić information content (AvgIpc) is 2.60. The zero-order chi connectivity index (χ0) is 18.4. The summed E-state index contributed by atoms with van der Waals surface area (Å²) in [5.41, 5.74) is -1.12. The monoisotopic (exact) mass is 343 g/mol. The molecule has 0 aliphatic heterocycles. The van der Waals surface area contributed by atoms with Crippen molar-refractivity contribution >= 4 is 23.0 Å². The van der Waals surface area contributed by atoms with E-state index in [0.717, 1.165) is 18.2 Å². The molecule has 0 spiro atoms. The van der Waals surface area contributed by atoms with Crippen LogP contribution in [0.4, 0.5) is 17.1 Å². The quantitative estimate of drug-likeness (QED) is 0.467. The summed E-state index contributed by atoms with van der Waals surface area (Å²) >= 11 is 0. The van der Waals surface area contributed by atoms with E-state index in [2.05, 4.69) is 11.9 Å². The van der Waals surface area contributed by atoms with Crippen molar-refractivity contribution in [2.45, 2.75) is 0 Å². The molecule has 0 saturated carbocycles. The van der Waals surface area contributed by atoms with Gasteiger partial charge in [0.05, 0.1) is 21.6 Å². The number of carbonyl (C=O) groups is 1. The number of nitrogens with zero attached hydrogens (tertiary/aromatic N) is 2. The van der Waals surface area contributed by atoms with Crippen LogP contribution >= 0.6 is 0 Å². The summed E-state index contributed by atoms with van der Waals surface area (Å²) in [4.78, 5) is 32.6. The van der Waals surface area contributed by atoms with Crippen molar-refractivity contribution in [2.75, 3.05) is 11.9 Å². The Morgan fingerprint density at radius 2 is 1.88 bits per heavy atom. The molecule has 9 heteroatoms. The number of carbonyl (C=O) groups excluding carboxylic acids is 1. The molecule has 0 heterocycles. The van der Waals surface area contributed by atoms with E-state index in [-0.39, 0.29) is 12.2 Å². The maximum atomic E-state index is 12.4. The van der Waals surface area contributed by atoms with E-state index in [0.29, 0.717) is 11.4 Å². The molecule has 1 amide bonds. The molecule has 0 atom stereocenters. The maximum Gasteiger partial charge on any atom is 0.289 e. The molecular formula is C16H13N3O6. The van der Waals surface area contributed by atoms with Gasteiger partial charge in [0, 0.05) is 6.07 Å². The number of nitro groups is 2. The smallest absolute Gasteiger partial charge is 0.289 e. The van der Waals surface area contributed by atoms with E-state index in [4.69, 9.17) is 4.74 Å². The van der Waals surface area contributed by atoms with Gasteiger partial charge in [-0.2, -0.15) is 0 Å². The molecular weight excluding hydrogens is 330 g/mol. The first kappa shape index (κ1) is 17.6. The molecule has 2 aromatic rings. The third-order valence-electron chi connectivity index (χ3n) is 3.13. The van der Waals surface area contributed by atoms with Gasteiger partial charge in [-0.3, -0.25) is 25.0 Å². The Bertz CT molecular complexity index is 850. The van der Waals surface area contributed by atoms with Crippen LogP contribution < -0.4 is 10.1 Å².